The maximum absolute atomic E-state index is 12.3. The average molecular weight is 617 g/mol. The van der Waals surface area contributed by atoms with Crippen LogP contribution < -0.4 is 10.6 Å². The van der Waals surface area contributed by atoms with Gasteiger partial charge in [0.05, 0.1) is 18.8 Å². The number of aromatic nitrogens is 1. The SMILES string of the molecule is CC(=O)NCCCCCC(=O)NCc1ccc(C2OC(CN(C)CCc3ccccn3)C(C)C(c3ccc(CO)cc3)O2)cc1. The fourth-order valence-corrected chi connectivity index (χ4v) is 5.51. The van der Waals surface area contributed by atoms with Crippen molar-refractivity contribution in [1.82, 2.24) is 20.5 Å². The van der Waals surface area contributed by atoms with Gasteiger partial charge in [0.25, 0.3) is 0 Å². The minimum absolute atomic E-state index is 0.00349. The summed E-state index contributed by atoms with van der Waals surface area (Å²) in [6.45, 7) is 6.40. The number of aliphatic hydroxyl groups is 1. The van der Waals surface area contributed by atoms with Gasteiger partial charge in [-0.15, -0.1) is 0 Å². The molecule has 2 amide bonds. The fourth-order valence-electron chi connectivity index (χ4n) is 5.51. The highest BCUT2D eigenvalue weighted by atomic mass is 16.7. The van der Waals surface area contributed by atoms with Gasteiger partial charge in [-0.25, -0.2) is 0 Å². The molecule has 1 fully saturated rings. The summed E-state index contributed by atoms with van der Waals surface area (Å²) in [6, 6.07) is 22.0. The number of likely N-dealkylation sites (N-methyl/N-ethyl adjacent to an activating group) is 1. The summed E-state index contributed by atoms with van der Waals surface area (Å²) in [5.41, 5.74) is 4.92. The first-order chi connectivity index (χ1) is 21.8. The van der Waals surface area contributed by atoms with E-state index in [1.807, 2.05) is 66.9 Å². The number of nitrogens with zero attached hydrogens (tertiary/aromatic N) is 2. The summed E-state index contributed by atoms with van der Waals surface area (Å²) in [4.78, 5) is 30.0. The summed E-state index contributed by atoms with van der Waals surface area (Å²) in [5, 5.41) is 15.3. The van der Waals surface area contributed by atoms with Crippen molar-refractivity contribution in [3.63, 3.8) is 0 Å². The number of amides is 2. The number of hydrogen-bond donors (Lipinski definition) is 3. The van der Waals surface area contributed by atoms with Gasteiger partial charge in [-0.1, -0.05) is 67.9 Å². The lowest BCUT2D eigenvalue weighted by Gasteiger charge is -2.42. The average Bonchev–Trinajstić information content (AvgIpc) is 3.06. The van der Waals surface area contributed by atoms with E-state index in [0.717, 1.165) is 66.7 Å². The monoisotopic (exact) mass is 616 g/mol. The molecule has 3 N–H and O–H groups in total. The first-order valence-electron chi connectivity index (χ1n) is 16.0. The lowest BCUT2D eigenvalue weighted by atomic mass is 9.90. The smallest absolute Gasteiger partial charge is 0.220 e. The lowest BCUT2D eigenvalue weighted by molar-refractivity contribution is -0.275. The number of unbranched alkanes of at least 4 members (excludes halogenated alkanes) is 2. The van der Waals surface area contributed by atoms with E-state index < -0.39 is 6.29 Å². The number of pyridine rings is 1. The molecule has 2 aromatic carbocycles. The number of carbonyl (C=O) groups is 2. The molecule has 242 valence electrons. The molecule has 4 atom stereocenters. The quantitative estimate of drug-likeness (QED) is 0.197. The predicted molar refractivity (Wildman–Crippen MR) is 174 cm³/mol. The van der Waals surface area contributed by atoms with Gasteiger partial charge in [0, 0.05) is 69.3 Å². The second-order valence-corrected chi connectivity index (χ2v) is 12.0. The summed E-state index contributed by atoms with van der Waals surface area (Å²) >= 11 is 0. The third kappa shape index (κ3) is 11.0. The van der Waals surface area contributed by atoms with E-state index >= 15 is 0 Å². The number of benzene rings is 2. The molecule has 0 spiro atoms. The zero-order valence-corrected chi connectivity index (χ0v) is 26.8. The molecule has 0 saturated carbocycles. The third-order valence-corrected chi connectivity index (χ3v) is 8.29. The van der Waals surface area contributed by atoms with Crippen LogP contribution in [0.25, 0.3) is 0 Å². The van der Waals surface area contributed by atoms with Crippen molar-refractivity contribution in [2.24, 2.45) is 5.92 Å². The van der Waals surface area contributed by atoms with Gasteiger partial charge in [-0.3, -0.25) is 14.6 Å². The van der Waals surface area contributed by atoms with E-state index in [-0.39, 0.29) is 36.5 Å². The number of carbonyl (C=O) groups excluding carboxylic acids is 2. The van der Waals surface area contributed by atoms with E-state index in [1.165, 1.54) is 6.92 Å². The number of aliphatic hydroxyl groups excluding tert-OH is 1. The molecule has 4 rings (SSSR count). The van der Waals surface area contributed by atoms with E-state index in [0.29, 0.717) is 19.5 Å². The second-order valence-electron chi connectivity index (χ2n) is 12.0. The zero-order chi connectivity index (χ0) is 32.0. The fraction of sp³-hybridized carbons (Fsp3) is 0.472. The Balaban J connectivity index is 1.35. The molecule has 0 aliphatic carbocycles. The molecule has 9 heteroatoms. The molecule has 1 aliphatic rings. The van der Waals surface area contributed by atoms with Crippen LogP contribution in [-0.4, -0.2) is 59.6 Å². The minimum Gasteiger partial charge on any atom is -0.392 e. The summed E-state index contributed by atoms with van der Waals surface area (Å²) < 4.78 is 13.2. The van der Waals surface area contributed by atoms with Crippen LogP contribution in [0.1, 0.15) is 79.9 Å². The van der Waals surface area contributed by atoms with E-state index in [1.54, 1.807) is 0 Å². The molecule has 45 heavy (non-hydrogen) atoms. The first-order valence-corrected chi connectivity index (χ1v) is 16.0. The predicted octanol–water partition coefficient (Wildman–Crippen LogP) is 4.85. The Labute approximate surface area is 267 Å². The van der Waals surface area contributed by atoms with Crippen LogP contribution in [0.2, 0.25) is 0 Å². The first kappa shape index (κ1) is 34.2. The van der Waals surface area contributed by atoms with E-state index in [4.69, 9.17) is 9.47 Å². The highest BCUT2D eigenvalue weighted by Gasteiger charge is 2.38. The van der Waals surface area contributed by atoms with Gasteiger partial charge in [0.15, 0.2) is 6.29 Å². The minimum atomic E-state index is -0.543. The van der Waals surface area contributed by atoms with Crippen LogP contribution >= 0.6 is 0 Å². The number of rotatable bonds is 16. The van der Waals surface area contributed by atoms with Crippen LogP contribution in [-0.2, 0) is 38.6 Å². The van der Waals surface area contributed by atoms with Gasteiger partial charge in [0.1, 0.15) is 0 Å². The largest absolute Gasteiger partial charge is 0.392 e. The van der Waals surface area contributed by atoms with Crippen LogP contribution in [0.3, 0.4) is 0 Å². The number of ether oxygens (including phenoxy) is 2. The molecular weight excluding hydrogens is 568 g/mol. The maximum atomic E-state index is 12.3. The van der Waals surface area contributed by atoms with Crippen LogP contribution in [0, 0.1) is 5.92 Å². The van der Waals surface area contributed by atoms with Crippen LogP contribution in [0.5, 0.6) is 0 Å². The third-order valence-electron chi connectivity index (χ3n) is 8.29. The number of hydrogen-bond acceptors (Lipinski definition) is 7. The second kappa shape index (κ2) is 17.8. The van der Waals surface area contributed by atoms with E-state index in [9.17, 15) is 14.7 Å². The Bertz CT molecular complexity index is 1320. The Morgan fingerprint density at radius 1 is 0.911 bits per heavy atom. The Morgan fingerprint density at radius 2 is 1.64 bits per heavy atom. The Kier molecular flexibility index (Phi) is 13.5. The molecule has 3 aromatic rings. The Hall–Kier alpha value is -3.63. The highest BCUT2D eigenvalue weighted by Crippen LogP contribution is 2.41. The molecule has 1 aromatic heterocycles. The Morgan fingerprint density at radius 3 is 2.33 bits per heavy atom. The van der Waals surface area contributed by atoms with Crippen molar-refractivity contribution in [3.8, 4) is 0 Å². The van der Waals surface area contributed by atoms with Crippen molar-refractivity contribution >= 4 is 11.8 Å². The highest BCUT2D eigenvalue weighted by molar-refractivity contribution is 5.75. The zero-order valence-electron chi connectivity index (χ0n) is 26.8. The molecule has 4 unspecified atom stereocenters. The number of nitrogens with one attached hydrogen (secondary N) is 2. The normalized spacial score (nSPS) is 19.8. The van der Waals surface area contributed by atoms with E-state index in [2.05, 4.69) is 40.6 Å². The standard InChI is InChI=1S/C36H48N4O5/c1-26-33(24-40(3)22-19-32-9-6-8-21-38-32)44-36(45-35(26)30-15-13-29(25-41)14-16-30)31-17-11-28(12-18-31)23-39-34(43)10-5-4-7-20-37-27(2)42/h6,8-9,11-18,21,26,33,35-36,41H,4-5,7,10,19-20,22-25H2,1-3H3,(H,37,42)(H,39,43). The van der Waals surface area contributed by atoms with Crippen molar-refractivity contribution in [3.05, 3.63) is 101 Å². The van der Waals surface area contributed by atoms with Gasteiger partial charge < -0.3 is 30.1 Å². The summed E-state index contributed by atoms with van der Waals surface area (Å²) in [6.07, 6.45) is 4.93. The summed E-state index contributed by atoms with van der Waals surface area (Å²) in [5.74, 6) is 0.0956. The van der Waals surface area contributed by atoms with Crippen molar-refractivity contribution in [2.45, 2.75) is 77.6 Å². The molecule has 2 heterocycles. The van der Waals surface area contributed by atoms with Crippen molar-refractivity contribution in [1.29, 1.82) is 0 Å². The lowest BCUT2D eigenvalue weighted by Crippen LogP contribution is -2.43. The van der Waals surface area contributed by atoms with Crippen molar-refractivity contribution in [2.75, 3.05) is 26.7 Å². The van der Waals surface area contributed by atoms with Gasteiger partial charge >= 0.3 is 0 Å². The molecule has 0 bridgehead atoms. The molecule has 1 aliphatic heterocycles. The van der Waals surface area contributed by atoms with Crippen LogP contribution in [0.15, 0.2) is 72.9 Å². The summed E-state index contributed by atoms with van der Waals surface area (Å²) in [7, 11) is 2.11. The molecular formula is C36H48N4O5. The van der Waals surface area contributed by atoms with Crippen molar-refractivity contribution < 1.29 is 24.2 Å². The maximum Gasteiger partial charge on any atom is 0.220 e. The molecule has 1 saturated heterocycles. The molecule has 0 radical (unpaired) electrons. The molecule has 9 nitrogen and oxygen atoms in total. The van der Waals surface area contributed by atoms with Gasteiger partial charge in [0.2, 0.25) is 11.8 Å². The topological polar surface area (TPSA) is 113 Å². The van der Waals surface area contributed by atoms with Crippen LogP contribution in [0.4, 0.5) is 0 Å². The van der Waals surface area contributed by atoms with Gasteiger partial charge in [-0.05, 0) is 48.7 Å². The van der Waals surface area contributed by atoms with Gasteiger partial charge in [-0.2, -0.15) is 0 Å².